The molecule has 1 saturated carbocycles. The zero-order valence-electron chi connectivity index (χ0n) is 11.3. The van der Waals surface area contributed by atoms with Crippen molar-refractivity contribution in [1.82, 2.24) is 5.32 Å². The molecular formula is C14H21NO3. The fraction of sp³-hybridized carbons (Fsp3) is 0.714. The average molecular weight is 251 g/mol. The van der Waals surface area contributed by atoms with Crippen molar-refractivity contribution in [2.75, 3.05) is 0 Å². The lowest BCUT2D eigenvalue weighted by molar-refractivity contribution is -0.119. The summed E-state index contributed by atoms with van der Waals surface area (Å²) in [5, 5.41) is 2.76. The minimum Gasteiger partial charge on any atom is -0.444 e. The predicted octanol–water partition coefficient (Wildman–Crippen LogP) is 2.27. The van der Waals surface area contributed by atoms with Crippen molar-refractivity contribution in [3.63, 3.8) is 0 Å². The highest BCUT2D eigenvalue weighted by Crippen LogP contribution is 2.25. The van der Waals surface area contributed by atoms with Crippen LogP contribution in [-0.4, -0.2) is 23.5 Å². The van der Waals surface area contributed by atoms with E-state index in [9.17, 15) is 9.59 Å². The van der Waals surface area contributed by atoms with Crippen LogP contribution in [0.5, 0.6) is 0 Å². The number of Topliss-reactive ketones (excluding diaryl/α,β-unsaturated/α-hetero) is 1. The molecule has 2 atom stereocenters. The van der Waals surface area contributed by atoms with Crippen molar-refractivity contribution >= 4 is 11.9 Å². The van der Waals surface area contributed by atoms with Crippen molar-refractivity contribution < 1.29 is 14.3 Å². The molecule has 0 bridgehead atoms. The van der Waals surface area contributed by atoms with Crippen molar-refractivity contribution in [3.8, 4) is 12.3 Å². The van der Waals surface area contributed by atoms with Gasteiger partial charge in [-0.25, -0.2) is 4.79 Å². The summed E-state index contributed by atoms with van der Waals surface area (Å²) < 4.78 is 5.19. The molecule has 0 radical (unpaired) electrons. The van der Waals surface area contributed by atoms with Crippen LogP contribution < -0.4 is 5.32 Å². The fourth-order valence-electron chi connectivity index (χ4n) is 2.18. The third-order valence-corrected chi connectivity index (χ3v) is 2.95. The van der Waals surface area contributed by atoms with Crippen LogP contribution in [0.4, 0.5) is 4.79 Å². The second kappa shape index (κ2) is 5.90. The lowest BCUT2D eigenvalue weighted by Crippen LogP contribution is -2.46. The molecule has 0 aromatic rings. The third-order valence-electron chi connectivity index (χ3n) is 2.95. The zero-order valence-corrected chi connectivity index (χ0v) is 11.3. The molecule has 4 nitrogen and oxygen atoms in total. The van der Waals surface area contributed by atoms with Gasteiger partial charge in [-0.3, -0.25) is 4.79 Å². The molecule has 1 rings (SSSR count). The molecule has 0 aromatic heterocycles. The van der Waals surface area contributed by atoms with E-state index in [1.165, 1.54) is 0 Å². The summed E-state index contributed by atoms with van der Waals surface area (Å²) in [5.74, 6) is 1.66. The number of ketones is 1. The minimum atomic E-state index is -0.537. The molecule has 1 amide bonds. The molecule has 0 spiro atoms. The molecule has 1 aliphatic carbocycles. The Morgan fingerprint density at radius 3 is 2.44 bits per heavy atom. The molecule has 0 aromatic carbocycles. The summed E-state index contributed by atoms with van der Waals surface area (Å²) >= 11 is 0. The van der Waals surface area contributed by atoms with Gasteiger partial charge in [0.2, 0.25) is 5.78 Å². The van der Waals surface area contributed by atoms with Crippen molar-refractivity contribution in [3.05, 3.63) is 0 Å². The summed E-state index contributed by atoms with van der Waals surface area (Å²) in [6.45, 7) is 5.41. The Kier molecular flexibility index (Phi) is 4.77. The molecule has 0 heterocycles. The van der Waals surface area contributed by atoms with E-state index in [0.717, 1.165) is 25.7 Å². The van der Waals surface area contributed by atoms with Crippen LogP contribution >= 0.6 is 0 Å². The molecule has 100 valence electrons. The summed E-state index contributed by atoms with van der Waals surface area (Å²) in [6, 6.07) is -0.197. The van der Waals surface area contributed by atoms with Crippen LogP contribution in [0.3, 0.4) is 0 Å². The Balaban J connectivity index is 2.60. The highest BCUT2D eigenvalue weighted by molar-refractivity contribution is 5.97. The van der Waals surface area contributed by atoms with E-state index in [2.05, 4.69) is 11.2 Å². The second-order valence-electron chi connectivity index (χ2n) is 5.65. The number of ether oxygens (including phenoxy) is 1. The predicted molar refractivity (Wildman–Crippen MR) is 69.0 cm³/mol. The SMILES string of the molecule is C#CC(=O)C1CCCCC1NC(=O)OC(C)(C)C. The zero-order chi connectivity index (χ0) is 13.8. The standard InChI is InChI=1S/C14H21NO3/c1-5-12(16)10-8-6-7-9-11(10)15-13(17)18-14(2,3)4/h1,10-11H,6-9H2,2-4H3,(H,15,17). The Bertz CT molecular complexity index is 362. The van der Waals surface area contributed by atoms with Gasteiger partial charge in [-0.15, -0.1) is 6.42 Å². The van der Waals surface area contributed by atoms with Gasteiger partial charge in [0, 0.05) is 6.04 Å². The van der Waals surface area contributed by atoms with Crippen LogP contribution in [0, 0.1) is 18.3 Å². The van der Waals surface area contributed by atoms with Gasteiger partial charge in [-0.2, -0.15) is 0 Å². The van der Waals surface area contributed by atoms with E-state index in [4.69, 9.17) is 11.2 Å². The first-order valence-electron chi connectivity index (χ1n) is 6.33. The first-order valence-corrected chi connectivity index (χ1v) is 6.33. The summed E-state index contributed by atoms with van der Waals surface area (Å²) in [6.07, 6.45) is 8.16. The van der Waals surface area contributed by atoms with Crippen molar-refractivity contribution in [2.45, 2.75) is 58.1 Å². The number of carbonyl (C=O) groups excluding carboxylic acids is 2. The summed E-state index contributed by atoms with van der Waals surface area (Å²) in [7, 11) is 0. The Morgan fingerprint density at radius 1 is 1.28 bits per heavy atom. The maximum Gasteiger partial charge on any atom is 0.407 e. The van der Waals surface area contributed by atoms with Crippen LogP contribution in [-0.2, 0) is 9.53 Å². The monoisotopic (exact) mass is 251 g/mol. The number of alkyl carbamates (subject to hydrolysis) is 1. The highest BCUT2D eigenvalue weighted by Gasteiger charge is 2.32. The van der Waals surface area contributed by atoms with Crippen LogP contribution in [0.25, 0.3) is 0 Å². The van der Waals surface area contributed by atoms with Crippen LogP contribution in [0.1, 0.15) is 46.5 Å². The second-order valence-corrected chi connectivity index (χ2v) is 5.65. The number of carbonyl (C=O) groups is 2. The molecule has 2 unspecified atom stereocenters. The quantitative estimate of drug-likeness (QED) is 0.605. The van der Waals surface area contributed by atoms with E-state index in [0.29, 0.717) is 0 Å². The topological polar surface area (TPSA) is 55.4 Å². The van der Waals surface area contributed by atoms with Gasteiger partial charge >= 0.3 is 6.09 Å². The van der Waals surface area contributed by atoms with Gasteiger partial charge in [0.1, 0.15) is 5.60 Å². The van der Waals surface area contributed by atoms with Gasteiger partial charge in [0.25, 0.3) is 0 Å². The van der Waals surface area contributed by atoms with Crippen LogP contribution in [0.2, 0.25) is 0 Å². The molecule has 0 saturated heterocycles. The summed E-state index contributed by atoms with van der Waals surface area (Å²) in [5.41, 5.74) is -0.537. The molecule has 1 aliphatic rings. The van der Waals surface area contributed by atoms with Crippen molar-refractivity contribution in [2.24, 2.45) is 5.92 Å². The van der Waals surface area contributed by atoms with Gasteiger partial charge < -0.3 is 10.1 Å². The van der Waals surface area contributed by atoms with E-state index >= 15 is 0 Å². The maximum absolute atomic E-state index is 11.7. The first kappa shape index (κ1) is 14.6. The van der Waals surface area contributed by atoms with Gasteiger partial charge in [-0.1, -0.05) is 12.8 Å². The van der Waals surface area contributed by atoms with Gasteiger partial charge in [0.15, 0.2) is 0 Å². The number of hydrogen-bond donors (Lipinski definition) is 1. The average Bonchev–Trinajstić information content (AvgIpc) is 2.26. The number of rotatable bonds is 2. The summed E-state index contributed by atoms with van der Waals surface area (Å²) in [4.78, 5) is 23.3. The molecule has 18 heavy (non-hydrogen) atoms. The van der Waals surface area contributed by atoms with E-state index in [-0.39, 0.29) is 17.7 Å². The van der Waals surface area contributed by atoms with E-state index in [1.807, 2.05) is 0 Å². The lowest BCUT2D eigenvalue weighted by Gasteiger charge is -2.30. The van der Waals surface area contributed by atoms with Crippen molar-refractivity contribution in [1.29, 1.82) is 0 Å². The largest absolute Gasteiger partial charge is 0.444 e. The Hall–Kier alpha value is -1.50. The smallest absolute Gasteiger partial charge is 0.407 e. The highest BCUT2D eigenvalue weighted by atomic mass is 16.6. The molecular weight excluding hydrogens is 230 g/mol. The Labute approximate surface area is 108 Å². The lowest BCUT2D eigenvalue weighted by atomic mass is 9.82. The molecule has 1 N–H and O–H groups in total. The van der Waals surface area contributed by atoms with Gasteiger partial charge in [-0.05, 0) is 39.5 Å². The number of hydrogen-bond acceptors (Lipinski definition) is 3. The maximum atomic E-state index is 11.7. The number of terminal acetylenes is 1. The number of nitrogens with one attached hydrogen (secondary N) is 1. The van der Waals surface area contributed by atoms with E-state index in [1.54, 1.807) is 20.8 Å². The molecule has 0 aliphatic heterocycles. The van der Waals surface area contributed by atoms with E-state index < -0.39 is 11.7 Å². The molecule has 1 fully saturated rings. The van der Waals surface area contributed by atoms with Crippen LogP contribution in [0.15, 0.2) is 0 Å². The van der Waals surface area contributed by atoms with Gasteiger partial charge in [0.05, 0.1) is 5.92 Å². The molecule has 4 heteroatoms. The first-order chi connectivity index (χ1) is 8.33. The third kappa shape index (κ3) is 4.40. The normalized spacial score (nSPS) is 23.9. The Morgan fingerprint density at radius 2 is 1.89 bits per heavy atom. The fourth-order valence-corrected chi connectivity index (χ4v) is 2.18. The minimum absolute atomic E-state index is 0.197. The number of amides is 1.